The van der Waals surface area contributed by atoms with E-state index in [4.69, 9.17) is 4.74 Å². The van der Waals surface area contributed by atoms with Gasteiger partial charge in [0, 0.05) is 26.2 Å². The molecule has 1 aliphatic heterocycles. The van der Waals surface area contributed by atoms with Gasteiger partial charge in [0.1, 0.15) is 0 Å². The Balaban J connectivity index is 1.62. The van der Waals surface area contributed by atoms with Crippen molar-refractivity contribution in [3.05, 3.63) is 96.1 Å². The second-order valence-electron chi connectivity index (χ2n) is 7.73. The van der Waals surface area contributed by atoms with E-state index in [1.165, 1.54) is 32.9 Å². The fourth-order valence-electron chi connectivity index (χ4n) is 3.67. The standard InChI is InChI=1S/C24H26N2O5S2/c27-32(28,25-15-17-31-18-16-25)23-11-13-24(14-12-23)33(29,30)26(19-21-7-3-1-4-8-21)20-22-9-5-2-6-10-22/h1-14H,15-20H2. The maximum atomic E-state index is 13.6. The number of sulfonamides is 2. The van der Waals surface area contributed by atoms with E-state index < -0.39 is 20.0 Å². The molecular weight excluding hydrogens is 460 g/mol. The molecule has 4 rings (SSSR count). The van der Waals surface area contributed by atoms with Crippen molar-refractivity contribution < 1.29 is 21.6 Å². The Labute approximate surface area is 195 Å². The molecule has 7 nitrogen and oxygen atoms in total. The molecule has 0 saturated carbocycles. The minimum absolute atomic E-state index is 0.0512. The number of hydrogen-bond donors (Lipinski definition) is 0. The van der Waals surface area contributed by atoms with Crippen LogP contribution in [-0.4, -0.2) is 51.7 Å². The van der Waals surface area contributed by atoms with Gasteiger partial charge < -0.3 is 4.74 Å². The van der Waals surface area contributed by atoms with E-state index in [-0.39, 0.29) is 36.0 Å². The molecule has 0 N–H and O–H groups in total. The topological polar surface area (TPSA) is 84.0 Å². The van der Waals surface area contributed by atoms with Crippen molar-refractivity contribution in [1.29, 1.82) is 0 Å². The molecule has 0 aliphatic carbocycles. The second kappa shape index (κ2) is 10.1. The summed E-state index contributed by atoms with van der Waals surface area (Å²) in [4.78, 5) is 0.122. The van der Waals surface area contributed by atoms with E-state index in [1.54, 1.807) is 0 Å². The summed E-state index contributed by atoms with van der Waals surface area (Å²) in [6, 6.07) is 24.2. The molecule has 1 fully saturated rings. The molecule has 1 aliphatic rings. The molecule has 0 aromatic heterocycles. The van der Waals surface area contributed by atoms with E-state index in [0.717, 1.165) is 11.1 Å². The molecule has 0 unspecified atom stereocenters. The summed E-state index contributed by atoms with van der Waals surface area (Å²) in [5.41, 5.74) is 1.73. The predicted octanol–water partition coefficient (Wildman–Crippen LogP) is 3.10. The van der Waals surface area contributed by atoms with Crippen molar-refractivity contribution in [2.24, 2.45) is 0 Å². The maximum Gasteiger partial charge on any atom is 0.243 e. The van der Waals surface area contributed by atoms with Crippen LogP contribution in [0.25, 0.3) is 0 Å². The normalized spacial score (nSPS) is 15.5. The Kier molecular flexibility index (Phi) is 7.26. The number of morpholine rings is 1. The SMILES string of the molecule is O=S(=O)(c1ccc(S(=O)(=O)N(Cc2ccccc2)Cc2ccccc2)cc1)N1CCOCC1. The van der Waals surface area contributed by atoms with E-state index in [9.17, 15) is 16.8 Å². The number of ether oxygens (including phenoxy) is 1. The smallest absolute Gasteiger partial charge is 0.243 e. The summed E-state index contributed by atoms with van der Waals surface area (Å²) in [5.74, 6) is 0. The van der Waals surface area contributed by atoms with Gasteiger partial charge >= 0.3 is 0 Å². The third-order valence-electron chi connectivity index (χ3n) is 5.47. The zero-order valence-electron chi connectivity index (χ0n) is 18.1. The van der Waals surface area contributed by atoms with Gasteiger partial charge in [-0.3, -0.25) is 0 Å². The van der Waals surface area contributed by atoms with Crippen molar-refractivity contribution in [2.75, 3.05) is 26.3 Å². The van der Waals surface area contributed by atoms with E-state index >= 15 is 0 Å². The van der Waals surface area contributed by atoms with Crippen molar-refractivity contribution in [3.63, 3.8) is 0 Å². The zero-order chi connectivity index (χ0) is 23.3. The van der Waals surface area contributed by atoms with Gasteiger partial charge in [0.15, 0.2) is 0 Å². The molecule has 33 heavy (non-hydrogen) atoms. The van der Waals surface area contributed by atoms with Crippen molar-refractivity contribution >= 4 is 20.0 Å². The largest absolute Gasteiger partial charge is 0.379 e. The van der Waals surface area contributed by atoms with Gasteiger partial charge in [-0.1, -0.05) is 60.7 Å². The summed E-state index contributed by atoms with van der Waals surface area (Å²) in [7, 11) is -7.58. The highest BCUT2D eigenvalue weighted by Crippen LogP contribution is 2.24. The number of benzene rings is 3. The lowest BCUT2D eigenvalue weighted by molar-refractivity contribution is 0.0730. The highest BCUT2D eigenvalue weighted by atomic mass is 32.2. The first-order valence-electron chi connectivity index (χ1n) is 10.6. The van der Waals surface area contributed by atoms with Crippen molar-refractivity contribution in [3.8, 4) is 0 Å². The molecule has 3 aromatic rings. The highest BCUT2D eigenvalue weighted by Gasteiger charge is 2.29. The first-order chi connectivity index (χ1) is 15.9. The Morgan fingerprint density at radius 2 is 1.12 bits per heavy atom. The van der Waals surface area contributed by atoms with Crippen molar-refractivity contribution in [2.45, 2.75) is 22.9 Å². The Morgan fingerprint density at radius 1 is 0.667 bits per heavy atom. The average molecular weight is 487 g/mol. The lowest BCUT2D eigenvalue weighted by atomic mass is 10.2. The van der Waals surface area contributed by atoms with Crippen LogP contribution in [0.1, 0.15) is 11.1 Å². The van der Waals surface area contributed by atoms with Gasteiger partial charge in [0.2, 0.25) is 20.0 Å². The van der Waals surface area contributed by atoms with Gasteiger partial charge in [-0.25, -0.2) is 16.8 Å². The van der Waals surface area contributed by atoms with E-state index in [0.29, 0.717) is 13.2 Å². The van der Waals surface area contributed by atoms with Gasteiger partial charge in [-0.15, -0.1) is 0 Å². The molecule has 0 bridgehead atoms. The predicted molar refractivity (Wildman–Crippen MR) is 125 cm³/mol. The highest BCUT2D eigenvalue weighted by molar-refractivity contribution is 7.89. The van der Waals surface area contributed by atoms with Gasteiger partial charge in [0.25, 0.3) is 0 Å². The van der Waals surface area contributed by atoms with Gasteiger partial charge in [-0.05, 0) is 35.4 Å². The van der Waals surface area contributed by atoms with Crippen LogP contribution in [-0.2, 0) is 37.9 Å². The number of rotatable bonds is 8. The summed E-state index contributed by atoms with van der Waals surface area (Å²) < 4.78 is 60.8. The Morgan fingerprint density at radius 3 is 1.61 bits per heavy atom. The molecule has 9 heteroatoms. The molecule has 174 valence electrons. The third-order valence-corrected chi connectivity index (χ3v) is 9.19. The van der Waals surface area contributed by atoms with Crippen LogP contribution >= 0.6 is 0 Å². The summed E-state index contributed by atoms with van der Waals surface area (Å²) in [6.45, 7) is 1.66. The molecule has 0 radical (unpaired) electrons. The van der Waals surface area contributed by atoms with Gasteiger partial charge in [0.05, 0.1) is 23.0 Å². The van der Waals surface area contributed by atoms with Crippen LogP contribution in [0.15, 0.2) is 94.7 Å². The quantitative estimate of drug-likeness (QED) is 0.489. The first-order valence-corrected chi connectivity index (χ1v) is 13.5. The van der Waals surface area contributed by atoms with Crippen molar-refractivity contribution in [1.82, 2.24) is 8.61 Å². The lowest BCUT2D eigenvalue weighted by Crippen LogP contribution is -2.40. The van der Waals surface area contributed by atoms with Crippen LogP contribution in [0.4, 0.5) is 0 Å². The second-order valence-corrected chi connectivity index (χ2v) is 11.6. The molecule has 0 amide bonds. The van der Waals surface area contributed by atoms with E-state index in [1.807, 2.05) is 60.7 Å². The van der Waals surface area contributed by atoms with Crippen LogP contribution < -0.4 is 0 Å². The van der Waals surface area contributed by atoms with Crippen LogP contribution in [0.5, 0.6) is 0 Å². The molecule has 0 atom stereocenters. The lowest BCUT2D eigenvalue weighted by Gasteiger charge is -2.26. The van der Waals surface area contributed by atoms with Crippen LogP contribution in [0.3, 0.4) is 0 Å². The third kappa shape index (κ3) is 5.51. The first kappa shape index (κ1) is 23.6. The van der Waals surface area contributed by atoms with Crippen LogP contribution in [0, 0.1) is 0 Å². The monoisotopic (exact) mass is 486 g/mol. The Bertz CT molecular complexity index is 1220. The molecule has 1 heterocycles. The average Bonchev–Trinajstić information content (AvgIpc) is 2.85. The summed E-state index contributed by atoms with van der Waals surface area (Å²) in [6.07, 6.45) is 0. The molecule has 3 aromatic carbocycles. The minimum atomic E-state index is -3.88. The number of hydrogen-bond acceptors (Lipinski definition) is 5. The molecular formula is C24H26N2O5S2. The maximum absolute atomic E-state index is 13.6. The van der Waals surface area contributed by atoms with Gasteiger partial charge in [-0.2, -0.15) is 8.61 Å². The van der Waals surface area contributed by atoms with E-state index in [2.05, 4.69) is 0 Å². The fraction of sp³-hybridized carbons (Fsp3) is 0.250. The minimum Gasteiger partial charge on any atom is -0.379 e. The zero-order valence-corrected chi connectivity index (χ0v) is 19.7. The van der Waals surface area contributed by atoms with Crippen LogP contribution in [0.2, 0.25) is 0 Å². The summed E-state index contributed by atoms with van der Waals surface area (Å²) in [5, 5.41) is 0. The summed E-state index contributed by atoms with van der Waals surface area (Å²) >= 11 is 0. The fourth-order valence-corrected chi connectivity index (χ4v) is 6.49. The molecule has 0 spiro atoms. The number of nitrogens with zero attached hydrogens (tertiary/aromatic N) is 2. The molecule has 1 saturated heterocycles. The Hall–Kier alpha value is -2.56.